The molecule has 0 saturated heterocycles. The number of amides is 2. The summed E-state index contributed by atoms with van der Waals surface area (Å²) in [6.45, 7) is 11.2. The molecule has 158 valence electrons. The lowest BCUT2D eigenvalue weighted by Crippen LogP contribution is -2.35. The maximum atomic E-state index is 13.2. The minimum Gasteiger partial charge on any atom is -0.493 e. The van der Waals surface area contributed by atoms with Crippen LogP contribution in [0.15, 0.2) is 54.2 Å². The lowest BCUT2D eigenvalue weighted by Gasteiger charge is -2.17. The highest BCUT2D eigenvalue weighted by atomic mass is 16.5. The van der Waals surface area contributed by atoms with Crippen molar-refractivity contribution < 1.29 is 14.3 Å². The number of anilines is 1. The van der Waals surface area contributed by atoms with Crippen LogP contribution in [0.4, 0.5) is 5.69 Å². The molecule has 3 rings (SSSR count). The summed E-state index contributed by atoms with van der Waals surface area (Å²) in [7, 11) is 0. The van der Waals surface area contributed by atoms with Gasteiger partial charge in [0.25, 0.3) is 11.8 Å². The highest BCUT2D eigenvalue weighted by Crippen LogP contribution is 2.32. The highest BCUT2D eigenvalue weighted by molar-refractivity contribution is 6.36. The van der Waals surface area contributed by atoms with Gasteiger partial charge in [-0.25, -0.2) is 0 Å². The molecular formula is C25H30N2O3. The van der Waals surface area contributed by atoms with Crippen LogP contribution < -0.4 is 10.1 Å². The summed E-state index contributed by atoms with van der Waals surface area (Å²) in [4.78, 5) is 27.7. The topological polar surface area (TPSA) is 58.6 Å². The van der Waals surface area contributed by atoms with E-state index in [0.717, 1.165) is 17.0 Å². The maximum Gasteiger partial charge on any atom is 0.278 e. The Morgan fingerprint density at radius 2 is 1.63 bits per heavy atom. The predicted octanol–water partition coefficient (Wildman–Crippen LogP) is 4.88. The van der Waals surface area contributed by atoms with E-state index in [0.29, 0.717) is 35.9 Å². The van der Waals surface area contributed by atoms with Crippen LogP contribution >= 0.6 is 0 Å². The largest absolute Gasteiger partial charge is 0.493 e. The normalized spacial score (nSPS) is 14.3. The Labute approximate surface area is 178 Å². The number of ether oxygens (including phenoxy) is 1. The van der Waals surface area contributed by atoms with E-state index in [9.17, 15) is 9.59 Å². The summed E-state index contributed by atoms with van der Waals surface area (Å²) in [5.41, 5.74) is 3.28. The molecule has 2 aromatic carbocycles. The van der Waals surface area contributed by atoms with Gasteiger partial charge in [0, 0.05) is 12.2 Å². The maximum absolute atomic E-state index is 13.2. The summed E-state index contributed by atoms with van der Waals surface area (Å²) < 4.78 is 5.75. The minimum absolute atomic E-state index is 0.185. The summed E-state index contributed by atoms with van der Waals surface area (Å²) in [5, 5.41) is 3.20. The van der Waals surface area contributed by atoms with Crippen LogP contribution in [-0.4, -0.2) is 29.9 Å². The van der Waals surface area contributed by atoms with Gasteiger partial charge in [-0.05, 0) is 54.2 Å². The first kappa shape index (κ1) is 21.6. The summed E-state index contributed by atoms with van der Waals surface area (Å²) in [6, 6.07) is 15.1. The molecular weight excluding hydrogens is 376 g/mol. The van der Waals surface area contributed by atoms with Crippen LogP contribution in [0, 0.1) is 18.8 Å². The quantitative estimate of drug-likeness (QED) is 0.635. The molecule has 2 aromatic rings. The number of aryl methyl sites for hydroxylation is 1. The zero-order valence-corrected chi connectivity index (χ0v) is 18.4. The van der Waals surface area contributed by atoms with Crippen molar-refractivity contribution in [2.24, 2.45) is 11.8 Å². The van der Waals surface area contributed by atoms with Gasteiger partial charge in [0.15, 0.2) is 0 Å². The predicted molar refractivity (Wildman–Crippen MR) is 120 cm³/mol. The second-order valence-electron chi connectivity index (χ2n) is 8.59. The minimum atomic E-state index is -0.287. The molecule has 0 atom stereocenters. The van der Waals surface area contributed by atoms with Crippen molar-refractivity contribution in [2.75, 3.05) is 18.5 Å². The Balaban J connectivity index is 1.97. The monoisotopic (exact) mass is 406 g/mol. The number of rotatable bonds is 8. The number of hydrogen-bond acceptors (Lipinski definition) is 4. The van der Waals surface area contributed by atoms with E-state index in [1.165, 1.54) is 4.90 Å². The molecule has 1 heterocycles. The van der Waals surface area contributed by atoms with Crippen molar-refractivity contribution in [3.63, 3.8) is 0 Å². The number of carbonyl (C=O) groups is 2. The summed E-state index contributed by atoms with van der Waals surface area (Å²) in [5.74, 6) is 0.808. The SMILES string of the molecule is Cc1cccc(NC2=C(c3ccc(OCC(C)C)cc3)C(=O)N(CC(C)C)C2=O)c1. The second-order valence-corrected chi connectivity index (χ2v) is 8.59. The van der Waals surface area contributed by atoms with Crippen molar-refractivity contribution in [3.8, 4) is 5.75 Å². The third-order valence-electron chi connectivity index (χ3n) is 4.73. The van der Waals surface area contributed by atoms with Crippen LogP contribution in [0.1, 0.15) is 38.8 Å². The molecule has 0 bridgehead atoms. The van der Waals surface area contributed by atoms with Gasteiger partial charge in [-0.2, -0.15) is 0 Å². The Kier molecular flexibility index (Phi) is 6.60. The van der Waals surface area contributed by atoms with Gasteiger partial charge in [0.1, 0.15) is 11.4 Å². The standard InChI is InChI=1S/C25H30N2O3/c1-16(2)14-27-24(28)22(19-9-11-21(12-10-19)30-15-17(3)4)23(25(27)29)26-20-8-6-7-18(5)13-20/h6-13,16-17,26H,14-15H2,1-5H3. The lowest BCUT2D eigenvalue weighted by atomic mass is 10.0. The summed E-state index contributed by atoms with van der Waals surface area (Å²) in [6.07, 6.45) is 0. The molecule has 1 aliphatic rings. The molecule has 30 heavy (non-hydrogen) atoms. The first-order valence-corrected chi connectivity index (χ1v) is 10.4. The molecule has 5 heteroatoms. The highest BCUT2D eigenvalue weighted by Gasteiger charge is 2.39. The molecule has 1 aliphatic heterocycles. The lowest BCUT2D eigenvalue weighted by molar-refractivity contribution is -0.137. The second kappa shape index (κ2) is 9.16. The van der Waals surface area contributed by atoms with E-state index >= 15 is 0 Å². The number of carbonyl (C=O) groups excluding carboxylic acids is 2. The van der Waals surface area contributed by atoms with Crippen molar-refractivity contribution in [3.05, 3.63) is 65.4 Å². The Morgan fingerprint density at radius 3 is 2.23 bits per heavy atom. The fraction of sp³-hybridized carbons (Fsp3) is 0.360. The zero-order valence-electron chi connectivity index (χ0n) is 18.4. The van der Waals surface area contributed by atoms with E-state index in [1.807, 2.05) is 69.3 Å². The zero-order chi connectivity index (χ0) is 21.8. The summed E-state index contributed by atoms with van der Waals surface area (Å²) >= 11 is 0. The molecule has 0 unspecified atom stereocenters. The first-order valence-electron chi connectivity index (χ1n) is 10.4. The molecule has 0 aliphatic carbocycles. The van der Waals surface area contributed by atoms with Crippen molar-refractivity contribution in [1.82, 2.24) is 4.90 Å². The number of benzene rings is 2. The van der Waals surface area contributed by atoms with Gasteiger partial charge in [0.05, 0.1) is 12.2 Å². The molecule has 0 radical (unpaired) electrons. The molecule has 5 nitrogen and oxygen atoms in total. The third-order valence-corrected chi connectivity index (χ3v) is 4.73. The van der Waals surface area contributed by atoms with E-state index < -0.39 is 0 Å². The van der Waals surface area contributed by atoms with Gasteiger partial charge in [-0.15, -0.1) is 0 Å². The molecule has 2 amide bonds. The Morgan fingerprint density at radius 1 is 0.933 bits per heavy atom. The van der Waals surface area contributed by atoms with E-state index in [1.54, 1.807) is 0 Å². The van der Waals surface area contributed by atoms with Crippen LogP contribution in [-0.2, 0) is 9.59 Å². The molecule has 0 saturated carbocycles. The van der Waals surface area contributed by atoms with Gasteiger partial charge in [0.2, 0.25) is 0 Å². The van der Waals surface area contributed by atoms with E-state index in [-0.39, 0.29) is 17.7 Å². The van der Waals surface area contributed by atoms with Crippen molar-refractivity contribution in [1.29, 1.82) is 0 Å². The average Bonchev–Trinajstić information content (AvgIpc) is 2.91. The van der Waals surface area contributed by atoms with Gasteiger partial charge in [-0.1, -0.05) is 52.0 Å². The smallest absolute Gasteiger partial charge is 0.278 e. The first-order chi connectivity index (χ1) is 14.3. The van der Waals surface area contributed by atoms with Crippen LogP contribution in [0.2, 0.25) is 0 Å². The fourth-order valence-corrected chi connectivity index (χ4v) is 3.34. The molecule has 0 aromatic heterocycles. The van der Waals surface area contributed by atoms with E-state index in [4.69, 9.17) is 4.74 Å². The van der Waals surface area contributed by atoms with Crippen molar-refractivity contribution in [2.45, 2.75) is 34.6 Å². The van der Waals surface area contributed by atoms with E-state index in [2.05, 4.69) is 19.2 Å². The van der Waals surface area contributed by atoms with Crippen LogP contribution in [0.3, 0.4) is 0 Å². The Hall–Kier alpha value is -3.08. The van der Waals surface area contributed by atoms with Gasteiger partial charge < -0.3 is 10.1 Å². The number of nitrogens with zero attached hydrogens (tertiary/aromatic N) is 1. The Bertz CT molecular complexity index is 959. The number of hydrogen-bond donors (Lipinski definition) is 1. The molecule has 0 fully saturated rings. The van der Waals surface area contributed by atoms with Crippen molar-refractivity contribution >= 4 is 23.1 Å². The molecule has 0 spiro atoms. The van der Waals surface area contributed by atoms with Crippen LogP contribution in [0.25, 0.3) is 5.57 Å². The van der Waals surface area contributed by atoms with Gasteiger partial charge in [-0.3, -0.25) is 14.5 Å². The van der Waals surface area contributed by atoms with Gasteiger partial charge >= 0.3 is 0 Å². The van der Waals surface area contributed by atoms with Crippen LogP contribution in [0.5, 0.6) is 5.75 Å². The average molecular weight is 407 g/mol. The number of imide groups is 1. The fourth-order valence-electron chi connectivity index (χ4n) is 3.34. The molecule has 1 N–H and O–H groups in total. The third kappa shape index (κ3) is 4.90. The number of nitrogens with one attached hydrogen (secondary N) is 1.